The number of nitrogens with one attached hydrogen (secondary N) is 2. The van der Waals surface area contributed by atoms with E-state index in [1.54, 1.807) is 24.5 Å². The minimum absolute atomic E-state index is 0.110. The highest BCUT2D eigenvalue weighted by atomic mass is 35.5. The summed E-state index contributed by atoms with van der Waals surface area (Å²) in [5.41, 5.74) is 0.636. The molecule has 0 aliphatic heterocycles. The average molecular weight is 308 g/mol. The van der Waals surface area contributed by atoms with Crippen LogP contribution in [0.4, 0.5) is 10.1 Å². The molecule has 108 valence electrons. The van der Waals surface area contributed by atoms with Crippen LogP contribution in [0.1, 0.15) is 5.56 Å². The fraction of sp³-hybridized carbons (Fsp3) is 0.0714. The van der Waals surface area contributed by atoms with E-state index in [4.69, 9.17) is 11.6 Å². The molecule has 1 aromatic carbocycles. The third-order valence-corrected chi connectivity index (χ3v) is 2.80. The van der Waals surface area contributed by atoms with Crippen LogP contribution in [0.3, 0.4) is 0 Å². The minimum Gasteiger partial charge on any atom is -0.344 e. The summed E-state index contributed by atoms with van der Waals surface area (Å²) in [6.45, 7) is 0.156. The van der Waals surface area contributed by atoms with Crippen molar-refractivity contribution in [3.8, 4) is 0 Å². The van der Waals surface area contributed by atoms with Gasteiger partial charge in [0.25, 0.3) is 0 Å². The summed E-state index contributed by atoms with van der Waals surface area (Å²) in [7, 11) is 0. The molecule has 0 fully saturated rings. The number of anilines is 1. The van der Waals surface area contributed by atoms with Gasteiger partial charge in [-0.2, -0.15) is 0 Å². The Kier molecular flexibility index (Phi) is 4.84. The molecule has 5 nitrogen and oxygen atoms in total. The summed E-state index contributed by atoms with van der Waals surface area (Å²) in [6.07, 6.45) is 3.17. The molecule has 0 atom stereocenters. The lowest BCUT2D eigenvalue weighted by Gasteiger charge is -2.07. The lowest BCUT2D eigenvalue weighted by Crippen LogP contribution is -2.35. The molecule has 1 aromatic heterocycles. The SMILES string of the molecule is O=C(NCc1cccnc1)C(=O)Nc1ccc(Cl)cc1F. The molecule has 0 radical (unpaired) electrons. The predicted molar refractivity (Wildman–Crippen MR) is 76.1 cm³/mol. The van der Waals surface area contributed by atoms with Crippen LogP contribution >= 0.6 is 11.6 Å². The van der Waals surface area contributed by atoms with Gasteiger partial charge in [0.1, 0.15) is 5.82 Å². The van der Waals surface area contributed by atoms with E-state index in [-0.39, 0.29) is 17.3 Å². The first-order valence-corrected chi connectivity index (χ1v) is 6.37. The number of rotatable bonds is 3. The highest BCUT2D eigenvalue weighted by Gasteiger charge is 2.15. The Hall–Kier alpha value is -2.47. The normalized spacial score (nSPS) is 10.0. The van der Waals surface area contributed by atoms with Crippen LogP contribution in [0.15, 0.2) is 42.7 Å². The second-order valence-corrected chi connectivity index (χ2v) is 4.56. The first kappa shape index (κ1) is 14.9. The molecule has 0 spiro atoms. The standard InChI is InChI=1S/C14H11ClFN3O2/c15-10-3-4-12(11(16)6-10)19-14(21)13(20)18-8-9-2-1-5-17-7-9/h1-7H,8H2,(H,18,20)(H,19,21). The maximum atomic E-state index is 13.5. The molecule has 21 heavy (non-hydrogen) atoms. The molecule has 0 aliphatic carbocycles. The summed E-state index contributed by atoms with van der Waals surface area (Å²) in [6, 6.07) is 7.21. The number of amides is 2. The number of pyridine rings is 1. The molecule has 1 heterocycles. The number of carbonyl (C=O) groups excluding carboxylic acids is 2. The first-order valence-electron chi connectivity index (χ1n) is 5.99. The van der Waals surface area contributed by atoms with Crippen molar-refractivity contribution < 1.29 is 14.0 Å². The minimum atomic E-state index is -0.958. The van der Waals surface area contributed by atoms with Gasteiger partial charge in [0.15, 0.2) is 0 Å². The zero-order valence-corrected chi connectivity index (χ0v) is 11.5. The Labute approximate surface area is 125 Å². The quantitative estimate of drug-likeness (QED) is 0.853. The molecule has 2 rings (SSSR count). The van der Waals surface area contributed by atoms with E-state index in [0.29, 0.717) is 0 Å². The van der Waals surface area contributed by atoms with Crippen LogP contribution in [0.5, 0.6) is 0 Å². The Bertz CT molecular complexity index is 665. The van der Waals surface area contributed by atoms with Crippen LogP contribution in [-0.2, 0) is 16.1 Å². The van der Waals surface area contributed by atoms with E-state index in [9.17, 15) is 14.0 Å². The van der Waals surface area contributed by atoms with Crippen molar-refractivity contribution >= 4 is 29.1 Å². The molecule has 0 aliphatic rings. The van der Waals surface area contributed by atoms with Crippen molar-refractivity contribution in [3.05, 3.63) is 59.1 Å². The highest BCUT2D eigenvalue weighted by Crippen LogP contribution is 2.18. The van der Waals surface area contributed by atoms with Gasteiger partial charge >= 0.3 is 11.8 Å². The van der Waals surface area contributed by atoms with Gasteiger partial charge in [-0.15, -0.1) is 0 Å². The van der Waals surface area contributed by atoms with Crippen LogP contribution in [0.2, 0.25) is 5.02 Å². The molecule has 0 saturated carbocycles. The molecule has 2 aromatic rings. The van der Waals surface area contributed by atoms with Gasteiger partial charge < -0.3 is 10.6 Å². The number of aromatic nitrogens is 1. The van der Waals surface area contributed by atoms with E-state index in [1.165, 1.54) is 12.1 Å². The van der Waals surface area contributed by atoms with Crippen LogP contribution in [0, 0.1) is 5.82 Å². The van der Waals surface area contributed by atoms with Crippen molar-refractivity contribution in [3.63, 3.8) is 0 Å². The van der Waals surface area contributed by atoms with Crippen molar-refractivity contribution in [2.75, 3.05) is 5.32 Å². The predicted octanol–water partition coefficient (Wildman–Crippen LogP) is 2.13. The number of nitrogens with zero attached hydrogens (tertiary/aromatic N) is 1. The molecular formula is C14H11ClFN3O2. The molecule has 0 bridgehead atoms. The number of halogens is 2. The van der Waals surface area contributed by atoms with E-state index < -0.39 is 17.6 Å². The Balaban J connectivity index is 1.92. The lowest BCUT2D eigenvalue weighted by molar-refractivity contribution is -0.136. The number of carbonyl (C=O) groups is 2. The smallest absolute Gasteiger partial charge is 0.313 e. The lowest BCUT2D eigenvalue weighted by atomic mass is 10.3. The van der Waals surface area contributed by atoms with E-state index in [0.717, 1.165) is 11.6 Å². The first-order chi connectivity index (χ1) is 10.1. The summed E-state index contributed by atoms with van der Waals surface area (Å²) in [4.78, 5) is 27.1. The number of hydrogen-bond acceptors (Lipinski definition) is 3. The molecule has 7 heteroatoms. The van der Waals surface area contributed by atoms with Crippen LogP contribution in [0.25, 0.3) is 0 Å². The summed E-state index contributed by atoms with van der Waals surface area (Å²) in [5.74, 6) is -2.54. The van der Waals surface area contributed by atoms with Gasteiger partial charge in [-0.05, 0) is 29.8 Å². The molecular weight excluding hydrogens is 297 g/mol. The van der Waals surface area contributed by atoms with Crippen LogP contribution in [-0.4, -0.2) is 16.8 Å². The Morgan fingerprint density at radius 3 is 2.71 bits per heavy atom. The maximum absolute atomic E-state index is 13.5. The molecule has 0 unspecified atom stereocenters. The van der Waals surface area contributed by atoms with Crippen molar-refractivity contribution in [2.24, 2.45) is 0 Å². The zero-order valence-electron chi connectivity index (χ0n) is 10.8. The van der Waals surface area contributed by atoms with Gasteiger partial charge in [0, 0.05) is 24.0 Å². The summed E-state index contributed by atoms with van der Waals surface area (Å²) < 4.78 is 13.5. The van der Waals surface area contributed by atoms with Gasteiger partial charge in [0.05, 0.1) is 5.69 Å². The van der Waals surface area contributed by atoms with Gasteiger partial charge in [-0.25, -0.2) is 4.39 Å². The van der Waals surface area contributed by atoms with Gasteiger partial charge in [0.2, 0.25) is 0 Å². The van der Waals surface area contributed by atoms with E-state index >= 15 is 0 Å². The third-order valence-electron chi connectivity index (χ3n) is 2.56. The van der Waals surface area contributed by atoms with Crippen molar-refractivity contribution in [1.82, 2.24) is 10.3 Å². The number of benzene rings is 1. The van der Waals surface area contributed by atoms with E-state index in [2.05, 4.69) is 15.6 Å². The van der Waals surface area contributed by atoms with Crippen LogP contribution < -0.4 is 10.6 Å². The Morgan fingerprint density at radius 2 is 2.05 bits per heavy atom. The third kappa shape index (κ3) is 4.25. The van der Waals surface area contributed by atoms with Crippen molar-refractivity contribution in [2.45, 2.75) is 6.54 Å². The number of hydrogen-bond donors (Lipinski definition) is 2. The molecule has 2 amide bonds. The van der Waals surface area contributed by atoms with Gasteiger partial charge in [-0.3, -0.25) is 14.6 Å². The van der Waals surface area contributed by atoms with Gasteiger partial charge in [-0.1, -0.05) is 17.7 Å². The maximum Gasteiger partial charge on any atom is 0.313 e. The molecule has 0 saturated heterocycles. The second-order valence-electron chi connectivity index (χ2n) is 4.12. The summed E-state index contributed by atoms with van der Waals surface area (Å²) in [5, 5.41) is 4.78. The summed E-state index contributed by atoms with van der Waals surface area (Å²) >= 11 is 5.60. The average Bonchev–Trinajstić information content (AvgIpc) is 2.48. The molecule has 2 N–H and O–H groups in total. The zero-order chi connectivity index (χ0) is 15.2. The second kappa shape index (κ2) is 6.81. The highest BCUT2D eigenvalue weighted by molar-refractivity contribution is 6.39. The fourth-order valence-corrected chi connectivity index (χ4v) is 1.69. The fourth-order valence-electron chi connectivity index (χ4n) is 1.54. The largest absolute Gasteiger partial charge is 0.344 e. The Morgan fingerprint density at radius 1 is 1.24 bits per heavy atom. The van der Waals surface area contributed by atoms with E-state index in [1.807, 2.05) is 0 Å². The monoisotopic (exact) mass is 307 g/mol. The topological polar surface area (TPSA) is 71.1 Å². The van der Waals surface area contributed by atoms with Crippen molar-refractivity contribution in [1.29, 1.82) is 0 Å².